The minimum atomic E-state index is -1.12. The number of rotatable bonds is 1. The van der Waals surface area contributed by atoms with Crippen LogP contribution in [0.1, 0.15) is 0 Å². The van der Waals surface area contributed by atoms with E-state index in [1.807, 2.05) is 0 Å². The van der Waals surface area contributed by atoms with Gasteiger partial charge in [-0.3, -0.25) is 0 Å². The van der Waals surface area contributed by atoms with E-state index >= 15 is 0 Å². The molecular weight excluding hydrogens is 156 g/mol. The van der Waals surface area contributed by atoms with Crippen LogP contribution in [0.25, 0.3) is 0 Å². The Hall–Kier alpha value is 0.190. The highest BCUT2D eigenvalue weighted by Crippen LogP contribution is 2.32. The van der Waals surface area contributed by atoms with Crippen molar-refractivity contribution in [2.24, 2.45) is 0 Å². The molecule has 0 radical (unpaired) electrons. The van der Waals surface area contributed by atoms with Crippen LogP contribution in [-0.2, 0) is 0 Å². The van der Waals surface area contributed by atoms with E-state index in [1.54, 1.807) is 0 Å². The summed E-state index contributed by atoms with van der Waals surface area (Å²) >= 11 is 0.987. The fourth-order valence-electron chi connectivity index (χ4n) is 0.880. The van der Waals surface area contributed by atoms with E-state index in [0.717, 1.165) is 11.8 Å². The summed E-state index contributed by atoms with van der Waals surface area (Å²) in [5.74, 6) is 0. The molecule has 0 aliphatic carbocycles. The summed E-state index contributed by atoms with van der Waals surface area (Å²) in [6.45, 7) is -0.222. The smallest absolute Gasteiger partial charge is 0.128 e. The predicted octanol–water partition coefficient (Wildman–Crippen LogP) is -1.87. The molecule has 1 fully saturated rings. The van der Waals surface area contributed by atoms with Crippen LogP contribution in [-0.4, -0.2) is 49.9 Å². The molecule has 4 nitrogen and oxygen atoms in total. The Bertz CT molecular complexity index is 120. The zero-order valence-corrected chi connectivity index (χ0v) is 6.03. The number of hydrogen-bond donors (Lipinski definition) is 4. The van der Waals surface area contributed by atoms with Crippen molar-refractivity contribution >= 4 is 11.8 Å². The van der Waals surface area contributed by atoms with Crippen molar-refractivity contribution in [3.8, 4) is 0 Å². The first-order valence-electron chi connectivity index (χ1n) is 2.97. The lowest BCUT2D eigenvalue weighted by atomic mass is 10.1. The monoisotopic (exact) mass is 166 g/mol. The first kappa shape index (κ1) is 8.29. The molecule has 1 aliphatic heterocycles. The third-order valence-corrected chi connectivity index (χ3v) is 2.85. The second-order valence-electron chi connectivity index (χ2n) is 2.23. The molecule has 4 N–H and O–H groups in total. The van der Waals surface area contributed by atoms with Gasteiger partial charge in [0.05, 0.1) is 18.0 Å². The first-order valence-corrected chi connectivity index (χ1v) is 3.91. The van der Waals surface area contributed by atoms with Gasteiger partial charge in [0.1, 0.15) is 11.5 Å². The minimum absolute atomic E-state index is 0.222. The molecule has 0 amide bonds. The predicted molar refractivity (Wildman–Crippen MR) is 36.5 cm³/mol. The van der Waals surface area contributed by atoms with Gasteiger partial charge < -0.3 is 20.4 Å². The Morgan fingerprint density at radius 2 is 1.70 bits per heavy atom. The molecule has 0 aromatic heterocycles. The summed E-state index contributed by atoms with van der Waals surface area (Å²) in [4.78, 5) is 0. The average molecular weight is 166 g/mol. The molecule has 1 rings (SSSR count). The number of thioether (sulfide) groups is 1. The Labute approximate surface area is 62.5 Å². The molecule has 60 valence electrons. The van der Waals surface area contributed by atoms with E-state index in [1.165, 1.54) is 0 Å². The van der Waals surface area contributed by atoms with Crippen molar-refractivity contribution in [2.45, 2.75) is 22.9 Å². The Kier molecular flexibility index (Phi) is 2.54. The summed E-state index contributed by atoms with van der Waals surface area (Å²) < 4.78 is 0. The standard InChI is InChI=1S/C5H10O4S/c6-1-2-3(7)4(8)5(9)10-2/h2-9H,1H2/t2-,3-,4+,5?/m1/s1. The fraction of sp³-hybridized carbons (Fsp3) is 1.00. The van der Waals surface area contributed by atoms with Crippen LogP contribution >= 0.6 is 11.8 Å². The molecular formula is C5H10O4S. The highest BCUT2D eigenvalue weighted by Gasteiger charge is 2.40. The topological polar surface area (TPSA) is 80.9 Å². The van der Waals surface area contributed by atoms with Crippen LogP contribution in [0.3, 0.4) is 0 Å². The molecule has 1 unspecified atom stereocenters. The van der Waals surface area contributed by atoms with Crippen molar-refractivity contribution < 1.29 is 20.4 Å². The molecule has 0 bridgehead atoms. The maximum atomic E-state index is 9.04. The zero-order valence-electron chi connectivity index (χ0n) is 5.21. The van der Waals surface area contributed by atoms with Gasteiger partial charge in [-0.15, -0.1) is 11.8 Å². The van der Waals surface area contributed by atoms with E-state index in [-0.39, 0.29) is 6.61 Å². The van der Waals surface area contributed by atoms with Gasteiger partial charge in [0.25, 0.3) is 0 Å². The summed E-state index contributed by atoms with van der Waals surface area (Å²) in [7, 11) is 0. The Morgan fingerprint density at radius 1 is 1.10 bits per heavy atom. The number of hydrogen-bond acceptors (Lipinski definition) is 5. The summed E-state index contributed by atoms with van der Waals surface area (Å²) in [6, 6.07) is 0. The number of aliphatic hydroxyl groups excluding tert-OH is 4. The molecule has 10 heavy (non-hydrogen) atoms. The van der Waals surface area contributed by atoms with Gasteiger partial charge in [-0.2, -0.15) is 0 Å². The molecule has 0 aromatic carbocycles. The zero-order chi connectivity index (χ0) is 7.72. The summed E-state index contributed by atoms with van der Waals surface area (Å²) in [5.41, 5.74) is -0.966. The molecule has 1 saturated heterocycles. The van der Waals surface area contributed by atoms with Crippen LogP contribution in [0.5, 0.6) is 0 Å². The highest BCUT2D eigenvalue weighted by atomic mass is 32.2. The summed E-state index contributed by atoms with van der Waals surface area (Å²) in [5, 5.41) is 35.0. The summed E-state index contributed by atoms with van der Waals surface area (Å²) in [6.07, 6.45) is -2.13. The lowest BCUT2D eigenvalue weighted by molar-refractivity contribution is -0.0181. The van der Waals surface area contributed by atoms with Gasteiger partial charge in [0.15, 0.2) is 0 Å². The van der Waals surface area contributed by atoms with Crippen LogP contribution in [0.2, 0.25) is 0 Å². The van der Waals surface area contributed by atoms with Crippen LogP contribution in [0.4, 0.5) is 0 Å². The van der Waals surface area contributed by atoms with Gasteiger partial charge in [-0.25, -0.2) is 0 Å². The molecule has 5 heteroatoms. The molecule has 1 heterocycles. The van der Waals surface area contributed by atoms with Crippen molar-refractivity contribution in [1.29, 1.82) is 0 Å². The maximum Gasteiger partial charge on any atom is 0.128 e. The van der Waals surface area contributed by atoms with E-state index in [9.17, 15) is 0 Å². The quantitative estimate of drug-likeness (QED) is 0.367. The van der Waals surface area contributed by atoms with Gasteiger partial charge in [0.2, 0.25) is 0 Å². The van der Waals surface area contributed by atoms with Crippen LogP contribution in [0.15, 0.2) is 0 Å². The molecule has 0 spiro atoms. The molecule has 0 saturated carbocycles. The van der Waals surface area contributed by atoms with Gasteiger partial charge in [0, 0.05) is 0 Å². The van der Waals surface area contributed by atoms with Crippen LogP contribution in [0, 0.1) is 0 Å². The normalized spacial score (nSPS) is 48.0. The third kappa shape index (κ3) is 1.28. The highest BCUT2D eigenvalue weighted by molar-refractivity contribution is 8.00. The molecule has 4 atom stereocenters. The SMILES string of the molecule is OC[C@H]1SC(O)[C@@H](O)[C@@H]1O. The lowest BCUT2D eigenvalue weighted by Crippen LogP contribution is -2.33. The second kappa shape index (κ2) is 3.06. The van der Waals surface area contributed by atoms with Gasteiger partial charge in [-0.05, 0) is 0 Å². The number of aliphatic hydroxyl groups is 4. The molecule has 1 aliphatic rings. The fourth-order valence-corrected chi connectivity index (χ4v) is 1.97. The second-order valence-corrected chi connectivity index (χ2v) is 3.59. The Balaban J connectivity index is 2.53. The van der Waals surface area contributed by atoms with E-state index in [0.29, 0.717) is 0 Å². The first-order chi connectivity index (χ1) is 4.66. The van der Waals surface area contributed by atoms with Gasteiger partial charge >= 0.3 is 0 Å². The van der Waals surface area contributed by atoms with Crippen LogP contribution < -0.4 is 0 Å². The molecule has 0 aromatic rings. The van der Waals surface area contributed by atoms with E-state index in [2.05, 4.69) is 0 Å². The van der Waals surface area contributed by atoms with Crippen molar-refractivity contribution in [3.05, 3.63) is 0 Å². The van der Waals surface area contributed by atoms with Gasteiger partial charge in [-0.1, -0.05) is 0 Å². The third-order valence-electron chi connectivity index (χ3n) is 1.52. The lowest BCUT2D eigenvalue weighted by Gasteiger charge is -2.11. The average Bonchev–Trinajstić information content (AvgIpc) is 2.17. The van der Waals surface area contributed by atoms with Crippen molar-refractivity contribution in [2.75, 3.05) is 6.61 Å². The largest absolute Gasteiger partial charge is 0.395 e. The maximum absolute atomic E-state index is 9.04. The van der Waals surface area contributed by atoms with Crippen molar-refractivity contribution in [1.82, 2.24) is 0 Å². The minimum Gasteiger partial charge on any atom is -0.395 e. The van der Waals surface area contributed by atoms with Crippen molar-refractivity contribution in [3.63, 3.8) is 0 Å². The van der Waals surface area contributed by atoms with E-state index in [4.69, 9.17) is 20.4 Å². The van der Waals surface area contributed by atoms with E-state index < -0.39 is 22.9 Å². The Morgan fingerprint density at radius 3 is 1.90 bits per heavy atom.